The lowest BCUT2D eigenvalue weighted by molar-refractivity contribution is -0.137. The molecule has 8 heteroatoms. The fourth-order valence-electron chi connectivity index (χ4n) is 1.64. The monoisotopic (exact) mass is 307 g/mol. The molecular formula is C12H15F2NO4S. The Labute approximate surface area is 115 Å². The van der Waals surface area contributed by atoms with E-state index in [1.807, 2.05) is 0 Å². The van der Waals surface area contributed by atoms with Crippen LogP contribution in [0.2, 0.25) is 0 Å². The second kappa shape index (κ2) is 6.76. The number of benzene rings is 1. The van der Waals surface area contributed by atoms with Gasteiger partial charge in [-0.3, -0.25) is 4.79 Å². The maximum Gasteiger partial charge on any atom is 0.303 e. The molecule has 0 aliphatic rings. The van der Waals surface area contributed by atoms with E-state index >= 15 is 0 Å². The fourth-order valence-corrected chi connectivity index (χ4v) is 2.98. The summed E-state index contributed by atoms with van der Waals surface area (Å²) in [5, 5.41) is 8.48. The van der Waals surface area contributed by atoms with Crippen molar-refractivity contribution in [1.29, 1.82) is 0 Å². The van der Waals surface area contributed by atoms with Gasteiger partial charge in [0, 0.05) is 18.5 Å². The first-order valence-electron chi connectivity index (χ1n) is 5.91. The normalized spacial score (nSPS) is 13.2. The first kappa shape index (κ1) is 16.5. The summed E-state index contributed by atoms with van der Waals surface area (Å²) in [4.78, 5) is 9.71. The first-order chi connectivity index (χ1) is 9.22. The van der Waals surface area contributed by atoms with Crippen LogP contribution in [0.5, 0.6) is 0 Å². The van der Waals surface area contributed by atoms with Gasteiger partial charge in [0.25, 0.3) is 0 Å². The molecule has 1 unspecified atom stereocenters. The minimum absolute atomic E-state index is 0.0724. The Kier molecular flexibility index (Phi) is 5.58. The number of halogens is 2. The van der Waals surface area contributed by atoms with Gasteiger partial charge >= 0.3 is 5.97 Å². The van der Waals surface area contributed by atoms with E-state index in [1.165, 1.54) is 0 Å². The summed E-state index contributed by atoms with van der Waals surface area (Å²) >= 11 is 0. The van der Waals surface area contributed by atoms with Crippen molar-refractivity contribution >= 4 is 16.0 Å². The van der Waals surface area contributed by atoms with E-state index in [2.05, 4.69) is 4.72 Å². The number of nitrogens with one attached hydrogen (secondary N) is 1. The van der Waals surface area contributed by atoms with E-state index in [4.69, 9.17) is 5.11 Å². The molecule has 0 radical (unpaired) electrons. The number of carbonyl (C=O) groups is 1. The summed E-state index contributed by atoms with van der Waals surface area (Å²) in [5.41, 5.74) is 0. The van der Waals surface area contributed by atoms with Crippen LogP contribution >= 0.6 is 0 Å². The second-order valence-electron chi connectivity index (χ2n) is 4.38. The predicted molar refractivity (Wildman–Crippen MR) is 67.6 cm³/mol. The van der Waals surface area contributed by atoms with Crippen molar-refractivity contribution in [3.8, 4) is 0 Å². The zero-order valence-electron chi connectivity index (χ0n) is 10.8. The van der Waals surface area contributed by atoms with Gasteiger partial charge in [-0.05, 0) is 31.9 Å². The molecule has 1 atom stereocenters. The lowest BCUT2D eigenvalue weighted by Gasteiger charge is -2.14. The SMILES string of the molecule is CC(CCCC(=O)O)NS(=O)(=O)c1ccc(F)cc1F. The second-order valence-corrected chi connectivity index (χ2v) is 6.07. The van der Waals surface area contributed by atoms with Crippen LogP contribution in [0.3, 0.4) is 0 Å². The third-order valence-corrected chi connectivity index (χ3v) is 4.19. The van der Waals surface area contributed by atoms with Crippen LogP contribution in [-0.2, 0) is 14.8 Å². The average Bonchev–Trinajstić information content (AvgIpc) is 2.26. The Morgan fingerprint density at radius 3 is 2.60 bits per heavy atom. The van der Waals surface area contributed by atoms with E-state index < -0.39 is 38.6 Å². The molecule has 0 spiro atoms. The molecular weight excluding hydrogens is 292 g/mol. The quantitative estimate of drug-likeness (QED) is 0.805. The van der Waals surface area contributed by atoms with Crippen LogP contribution < -0.4 is 4.72 Å². The lowest BCUT2D eigenvalue weighted by Crippen LogP contribution is -2.33. The van der Waals surface area contributed by atoms with Crippen LogP contribution in [0.4, 0.5) is 8.78 Å². The molecule has 0 aromatic heterocycles. The summed E-state index contributed by atoms with van der Waals surface area (Å²) in [5.74, 6) is -3.00. The molecule has 20 heavy (non-hydrogen) atoms. The summed E-state index contributed by atoms with van der Waals surface area (Å²) in [6.07, 6.45) is 0.524. The van der Waals surface area contributed by atoms with Crippen molar-refractivity contribution in [3.05, 3.63) is 29.8 Å². The van der Waals surface area contributed by atoms with Gasteiger partial charge in [0.2, 0.25) is 10.0 Å². The van der Waals surface area contributed by atoms with Gasteiger partial charge in [-0.2, -0.15) is 0 Å². The van der Waals surface area contributed by atoms with Gasteiger partial charge in [-0.1, -0.05) is 0 Å². The molecule has 1 aromatic carbocycles. The van der Waals surface area contributed by atoms with E-state index in [0.29, 0.717) is 18.9 Å². The molecule has 5 nitrogen and oxygen atoms in total. The predicted octanol–water partition coefficient (Wildman–Crippen LogP) is 1.89. The molecule has 1 rings (SSSR count). The molecule has 0 saturated heterocycles. The number of carboxylic acid groups (broad SMARTS) is 1. The van der Waals surface area contributed by atoms with Gasteiger partial charge in [0.1, 0.15) is 16.5 Å². The van der Waals surface area contributed by atoms with Crippen LogP contribution in [0.15, 0.2) is 23.1 Å². The van der Waals surface area contributed by atoms with Crippen molar-refractivity contribution in [2.24, 2.45) is 0 Å². The van der Waals surface area contributed by atoms with E-state index in [-0.39, 0.29) is 6.42 Å². The van der Waals surface area contributed by atoms with Gasteiger partial charge in [0.05, 0.1) is 0 Å². The Morgan fingerprint density at radius 1 is 1.40 bits per heavy atom. The highest BCUT2D eigenvalue weighted by Gasteiger charge is 2.21. The highest BCUT2D eigenvalue weighted by Crippen LogP contribution is 2.16. The molecule has 0 amide bonds. The standard InChI is InChI=1S/C12H15F2NO4S/c1-8(3-2-4-12(16)17)15-20(18,19)11-6-5-9(13)7-10(11)14/h5-8,15H,2-4H2,1H3,(H,16,17). The average molecular weight is 307 g/mol. The summed E-state index contributed by atoms with van der Waals surface area (Å²) in [7, 11) is -4.10. The minimum Gasteiger partial charge on any atom is -0.481 e. The van der Waals surface area contributed by atoms with Crippen molar-refractivity contribution in [3.63, 3.8) is 0 Å². The third kappa shape index (κ3) is 4.86. The Bertz CT molecular complexity index is 589. The number of sulfonamides is 1. The molecule has 0 aliphatic heterocycles. The van der Waals surface area contributed by atoms with E-state index in [1.54, 1.807) is 6.92 Å². The zero-order chi connectivity index (χ0) is 15.3. The zero-order valence-corrected chi connectivity index (χ0v) is 11.6. The van der Waals surface area contributed by atoms with Crippen LogP contribution in [-0.4, -0.2) is 25.5 Å². The number of hydrogen-bond donors (Lipinski definition) is 2. The molecule has 0 aliphatic carbocycles. The summed E-state index contributed by atoms with van der Waals surface area (Å²) < 4.78 is 52.1. The van der Waals surface area contributed by atoms with Crippen LogP contribution in [0, 0.1) is 11.6 Å². The lowest BCUT2D eigenvalue weighted by atomic mass is 10.1. The molecule has 0 saturated carbocycles. The summed E-state index contributed by atoms with van der Waals surface area (Å²) in [6, 6.07) is 1.64. The molecule has 112 valence electrons. The highest BCUT2D eigenvalue weighted by molar-refractivity contribution is 7.89. The Hall–Kier alpha value is -1.54. The number of rotatable bonds is 7. The van der Waals surface area contributed by atoms with E-state index in [9.17, 15) is 22.0 Å². The Balaban J connectivity index is 2.72. The summed E-state index contributed by atoms with van der Waals surface area (Å²) in [6.45, 7) is 1.54. The molecule has 2 N–H and O–H groups in total. The number of hydrogen-bond acceptors (Lipinski definition) is 3. The fraction of sp³-hybridized carbons (Fsp3) is 0.417. The maximum absolute atomic E-state index is 13.4. The number of aliphatic carboxylic acids is 1. The maximum atomic E-state index is 13.4. The molecule has 1 aromatic rings. The van der Waals surface area contributed by atoms with Crippen molar-refractivity contribution in [2.75, 3.05) is 0 Å². The molecule has 0 heterocycles. The topological polar surface area (TPSA) is 83.5 Å². The minimum atomic E-state index is -4.10. The largest absolute Gasteiger partial charge is 0.481 e. The van der Waals surface area contributed by atoms with Crippen molar-refractivity contribution in [1.82, 2.24) is 4.72 Å². The van der Waals surface area contributed by atoms with Gasteiger partial charge in [-0.25, -0.2) is 21.9 Å². The van der Waals surface area contributed by atoms with Crippen molar-refractivity contribution < 1.29 is 27.1 Å². The van der Waals surface area contributed by atoms with Crippen LogP contribution in [0.1, 0.15) is 26.2 Å². The Morgan fingerprint density at radius 2 is 2.05 bits per heavy atom. The third-order valence-electron chi connectivity index (χ3n) is 2.57. The van der Waals surface area contributed by atoms with Gasteiger partial charge < -0.3 is 5.11 Å². The first-order valence-corrected chi connectivity index (χ1v) is 7.40. The van der Waals surface area contributed by atoms with Gasteiger partial charge in [-0.15, -0.1) is 0 Å². The van der Waals surface area contributed by atoms with E-state index in [0.717, 1.165) is 12.1 Å². The van der Waals surface area contributed by atoms with Crippen molar-refractivity contribution in [2.45, 2.75) is 37.1 Å². The molecule has 0 fully saturated rings. The van der Waals surface area contributed by atoms with Crippen LogP contribution in [0.25, 0.3) is 0 Å². The molecule has 0 bridgehead atoms. The number of carboxylic acids is 1. The van der Waals surface area contributed by atoms with Gasteiger partial charge in [0.15, 0.2) is 0 Å². The highest BCUT2D eigenvalue weighted by atomic mass is 32.2. The smallest absolute Gasteiger partial charge is 0.303 e.